The van der Waals surface area contributed by atoms with Crippen LogP contribution in [0.25, 0.3) is 49.3 Å². The van der Waals surface area contributed by atoms with Crippen LogP contribution in [0.2, 0.25) is 0 Å². The lowest BCUT2D eigenvalue weighted by Crippen LogP contribution is -2.34. The Hall–Kier alpha value is -6.58. The van der Waals surface area contributed by atoms with E-state index in [0.29, 0.717) is 0 Å². The lowest BCUT2D eigenvalue weighted by molar-refractivity contribution is 0.183. The number of ether oxygens (including phenoxy) is 1. The summed E-state index contributed by atoms with van der Waals surface area (Å²) < 4.78 is 9.54. The zero-order valence-corrected chi connectivity index (χ0v) is 30.8. The Morgan fingerprint density at radius 2 is 1.29 bits per heavy atom. The topological polar surface area (TPSA) is 17.4 Å². The van der Waals surface area contributed by atoms with Crippen LogP contribution < -0.4 is 9.64 Å². The van der Waals surface area contributed by atoms with E-state index >= 15 is 0 Å². The molecule has 2 aliphatic heterocycles. The summed E-state index contributed by atoms with van der Waals surface area (Å²) in [6, 6.07) is 57.9. The average molecular weight is 707 g/mol. The number of rotatable bonds is 3. The third-order valence-corrected chi connectivity index (χ3v) is 12.8. The van der Waals surface area contributed by atoms with Gasteiger partial charge in [-0.15, -0.1) is 0 Å². The molecule has 0 bridgehead atoms. The van der Waals surface area contributed by atoms with E-state index in [1.807, 2.05) is 0 Å². The Bertz CT molecular complexity index is 3030. The van der Waals surface area contributed by atoms with Gasteiger partial charge in [0.25, 0.3) is 0 Å². The van der Waals surface area contributed by atoms with Crippen molar-refractivity contribution in [1.82, 2.24) is 4.57 Å². The molecule has 0 N–H and O–H groups in total. The number of benzene rings is 7. The fourth-order valence-corrected chi connectivity index (χ4v) is 10.3. The first-order chi connectivity index (χ1) is 27.0. The molecule has 3 unspecified atom stereocenters. The molecule has 2 aliphatic carbocycles. The molecular formula is C52H38N2O. The number of hydrogen-bond acceptors (Lipinski definition) is 2. The molecule has 0 spiro atoms. The van der Waals surface area contributed by atoms with Crippen molar-refractivity contribution < 1.29 is 4.74 Å². The van der Waals surface area contributed by atoms with Crippen LogP contribution in [-0.4, -0.2) is 10.6 Å². The molecule has 7 aromatic carbocycles. The number of nitrogens with zero attached hydrogens (tertiary/aromatic N) is 2. The predicted octanol–water partition coefficient (Wildman–Crippen LogP) is 12.9. The van der Waals surface area contributed by atoms with Gasteiger partial charge in [0.15, 0.2) is 0 Å². The first-order valence-electron chi connectivity index (χ1n) is 19.5. The molecule has 8 aromatic rings. The summed E-state index contributed by atoms with van der Waals surface area (Å²) in [5.74, 6) is 1.20. The van der Waals surface area contributed by atoms with Gasteiger partial charge in [0, 0.05) is 44.7 Å². The van der Waals surface area contributed by atoms with Gasteiger partial charge in [0.05, 0.1) is 22.7 Å². The highest BCUT2D eigenvalue weighted by Gasteiger charge is 2.51. The second-order valence-corrected chi connectivity index (χ2v) is 15.9. The third-order valence-electron chi connectivity index (χ3n) is 12.8. The van der Waals surface area contributed by atoms with Crippen LogP contribution in [0.5, 0.6) is 5.75 Å². The summed E-state index contributed by atoms with van der Waals surface area (Å²) in [6.07, 6.45) is 7.43. The van der Waals surface area contributed by atoms with Crippen LogP contribution in [0, 0.1) is 5.92 Å². The van der Waals surface area contributed by atoms with E-state index < -0.39 is 0 Å². The van der Waals surface area contributed by atoms with Gasteiger partial charge in [-0.25, -0.2) is 0 Å². The van der Waals surface area contributed by atoms with E-state index in [1.165, 1.54) is 82.9 Å². The Morgan fingerprint density at radius 3 is 2.11 bits per heavy atom. The van der Waals surface area contributed by atoms with Crippen molar-refractivity contribution in [3.8, 4) is 11.4 Å². The fraction of sp³-hybridized carbons (Fsp3) is 0.115. The zero-order chi connectivity index (χ0) is 36.4. The van der Waals surface area contributed by atoms with E-state index in [0.717, 1.165) is 11.4 Å². The standard InChI is InChI=1S/C52H38N2O/c1-32-27-37(30-42-40-17-7-10-20-45(40)53(49(32)42)38-25-23-33-13-3-5-15-35(33)28-38)43-31-52(2)44-19-9-12-22-47(44)55-51(52)48-41-18-8-11-21-46(41)54(50(43)48)39-26-24-34-14-4-6-16-36(34)29-39/h3-32,49,51H,1-2H3/t32-,49?,51?,52?/m0/s1. The van der Waals surface area contributed by atoms with Crippen molar-refractivity contribution in [1.29, 1.82) is 0 Å². The highest BCUT2D eigenvalue weighted by Crippen LogP contribution is 2.60. The van der Waals surface area contributed by atoms with Gasteiger partial charge in [-0.2, -0.15) is 0 Å². The monoisotopic (exact) mass is 706 g/mol. The summed E-state index contributed by atoms with van der Waals surface area (Å²) >= 11 is 0. The first-order valence-corrected chi connectivity index (χ1v) is 19.5. The number of para-hydroxylation sites is 3. The molecule has 0 saturated carbocycles. The minimum atomic E-state index is -0.360. The molecular weight excluding hydrogens is 669 g/mol. The molecule has 0 fully saturated rings. The Morgan fingerprint density at radius 1 is 0.636 bits per heavy atom. The maximum atomic E-state index is 7.03. The quantitative estimate of drug-likeness (QED) is 0.182. The van der Waals surface area contributed by atoms with Crippen molar-refractivity contribution in [2.24, 2.45) is 5.92 Å². The molecule has 3 heteroatoms. The van der Waals surface area contributed by atoms with Gasteiger partial charge >= 0.3 is 0 Å². The largest absolute Gasteiger partial charge is 0.484 e. The first kappa shape index (κ1) is 30.8. The van der Waals surface area contributed by atoms with Crippen molar-refractivity contribution >= 4 is 55.0 Å². The van der Waals surface area contributed by atoms with Crippen LogP contribution in [0.15, 0.2) is 182 Å². The molecule has 1 aromatic heterocycles. The van der Waals surface area contributed by atoms with Gasteiger partial charge in [-0.05, 0) is 94.1 Å². The van der Waals surface area contributed by atoms with Crippen molar-refractivity contribution in [3.05, 3.63) is 204 Å². The molecule has 0 amide bonds. The zero-order valence-electron chi connectivity index (χ0n) is 30.8. The van der Waals surface area contributed by atoms with Gasteiger partial charge in [-0.1, -0.05) is 134 Å². The highest BCUT2D eigenvalue weighted by molar-refractivity contribution is 6.03. The van der Waals surface area contributed by atoms with E-state index in [4.69, 9.17) is 4.74 Å². The number of allylic oxidation sites excluding steroid dienone is 3. The minimum absolute atomic E-state index is 0.159. The van der Waals surface area contributed by atoms with Crippen LogP contribution in [0.1, 0.15) is 42.3 Å². The minimum Gasteiger partial charge on any atom is -0.484 e. The SMILES string of the molecule is C[C@H]1C=C(C2=CC3(C)c4ccccc4OC3c3c2n(-c2ccc4ccccc4c2)c2ccccc32)C=C2c3ccccc3N(c3ccc4ccccc4c3)C21. The molecule has 4 atom stereocenters. The number of aromatic nitrogens is 1. The summed E-state index contributed by atoms with van der Waals surface area (Å²) in [4.78, 5) is 2.58. The molecule has 0 saturated heterocycles. The second kappa shape index (κ2) is 11.2. The maximum absolute atomic E-state index is 7.03. The number of anilines is 2. The van der Waals surface area contributed by atoms with E-state index in [2.05, 4.69) is 199 Å². The second-order valence-electron chi connectivity index (χ2n) is 15.9. The molecule has 55 heavy (non-hydrogen) atoms. The Balaban J connectivity index is 1.10. The molecule has 12 rings (SSSR count). The Kier molecular flexibility index (Phi) is 6.29. The van der Waals surface area contributed by atoms with Crippen LogP contribution in [-0.2, 0) is 5.41 Å². The molecule has 3 nitrogen and oxygen atoms in total. The normalized spacial score (nSPS) is 22.0. The summed E-state index contributed by atoms with van der Waals surface area (Å²) in [5.41, 5.74) is 13.4. The predicted molar refractivity (Wildman–Crippen MR) is 227 cm³/mol. The Labute approximate surface area is 320 Å². The van der Waals surface area contributed by atoms with Crippen molar-refractivity contribution in [2.45, 2.75) is 31.4 Å². The lowest BCUT2D eigenvalue weighted by atomic mass is 9.69. The summed E-state index contributed by atoms with van der Waals surface area (Å²) in [7, 11) is 0. The fourth-order valence-electron chi connectivity index (χ4n) is 10.3. The van der Waals surface area contributed by atoms with Gasteiger partial charge < -0.3 is 14.2 Å². The van der Waals surface area contributed by atoms with Crippen LogP contribution >= 0.6 is 0 Å². The van der Waals surface area contributed by atoms with E-state index in [9.17, 15) is 0 Å². The van der Waals surface area contributed by atoms with Gasteiger partial charge in [0.1, 0.15) is 11.9 Å². The summed E-state index contributed by atoms with van der Waals surface area (Å²) in [6.45, 7) is 4.78. The smallest absolute Gasteiger partial charge is 0.139 e. The van der Waals surface area contributed by atoms with Gasteiger partial charge in [-0.3, -0.25) is 0 Å². The van der Waals surface area contributed by atoms with Crippen molar-refractivity contribution in [3.63, 3.8) is 0 Å². The van der Waals surface area contributed by atoms with Crippen molar-refractivity contribution in [2.75, 3.05) is 4.90 Å². The lowest BCUT2D eigenvalue weighted by Gasteiger charge is -2.37. The van der Waals surface area contributed by atoms with Gasteiger partial charge in [0.2, 0.25) is 0 Å². The van der Waals surface area contributed by atoms with Crippen LogP contribution in [0.4, 0.5) is 11.4 Å². The molecule has 262 valence electrons. The van der Waals surface area contributed by atoms with E-state index in [1.54, 1.807) is 0 Å². The number of hydrogen-bond donors (Lipinski definition) is 0. The highest BCUT2D eigenvalue weighted by atomic mass is 16.5. The number of fused-ring (bicyclic) bond motifs is 12. The molecule has 4 aliphatic rings. The van der Waals surface area contributed by atoms with Crippen LogP contribution in [0.3, 0.4) is 0 Å². The van der Waals surface area contributed by atoms with E-state index in [-0.39, 0.29) is 23.5 Å². The molecule has 0 radical (unpaired) electrons. The molecule has 3 heterocycles. The maximum Gasteiger partial charge on any atom is 0.139 e. The average Bonchev–Trinajstić information content (AvgIpc) is 3.86. The summed E-state index contributed by atoms with van der Waals surface area (Å²) in [5, 5.41) is 6.24. The third kappa shape index (κ3) is 4.27.